The van der Waals surface area contributed by atoms with Crippen molar-refractivity contribution in [1.29, 1.82) is 0 Å². The molecule has 0 aromatic heterocycles. The fourth-order valence-corrected chi connectivity index (χ4v) is 2.66. The van der Waals surface area contributed by atoms with Crippen molar-refractivity contribution in [2.45, 2.75) is 13.3 Å². The summed E-state index contributed by atoms with van der Waals surface area (Å²) in [6, 6.07) is 5.62. The van der Waals surface area contributed by atoms with Crippen LogP contribution in [0.1, 0.15) is 22.3 Å². The monoisotopic (exact) mass is 302 g/mol. The third-order valence-corrected chi connectivity index (χ3v) is 3.99. The number of carbonyl (C=O) groups excluding carboxylic acids is 1. The maximum Gasteiger partial charge on any atom is 0.255 e. The van der Waals surface area contributed by atoms with Crippen LogP contribution in [-0.4, -0.2) is 37.5 Å². The molecule has 1 heterocycles. The fraction of sp³-hybridized carbons (Fsp3) is 0.500. The number of nitrogens with one attached hydrogen (secondary N) is 1. The molecule has 19 heavy (non-hydrogen) atoms. The number of amides is 1. The second kappa shape index (κ2) is 7.13. The van der Waals surface area contributed by atoms with E-state index in [-0.39, 0.29) is 18.3 Å². The molecule has 2 rings (SSSR count). The molecule has 106 valence electrons. The second-order valence-corrected chi connectivity index (χ2v) is 5.28. The molecule has 0 aliphatic carbocycles. The van der Waals surface area contributed by atoms with Crippen molar-refractivity contribution in [2.75, 3.05) is 26.7 Å². The normalized spacial score (nSPS) is 18.3. The highest BCUT2D eigenvalue weighted by Gasteiger charge is 2.27. The quantitative estimate of drug-likeness (QED) is 0.931. The Kier molecular flexibility index (Phi) is 6.11. The van der Waals surface area contributed by atoms with Gasteiger partial charge in [0.25, 0.3) is 5.91 Å². The molecule has 1 amide bonds. The molecule has 1 unspecified atom stereocenters. The van der Waals surface area contributed by atoms with E-state index >= 15 is 0 Å². The first-order valence-electron chi connectivity index (χ1n) is 6.32. The summed E-state index contributed by atoms with van der Waals surface area (Å²) >= 11 is 6.20. The van der Waals surface area contributed by atoms with Crippen LogP contribution in [0.5, 0.6) is 0 Å². The highest BCUT2D eigenvalue weighted by molar-refractivity contribution is 6.34. The molecule has 1 fully saturated rings. The van der Waals surface area contributed by atoms with E-state index in [0.717, 1.165) is 31.6 Å². The zero-order valence-corrected chi connectivity index (χ0v) is 12.9. The Morgan fingerprint density at radius 2 is 2.26 bits per heavy atom. The summed E-state index contributed by atoms with van der Waals surface area (Å²) in [6.07, 6.45) is 1.07. The molecule has 1 N–H and O–H groups in total. The van der Waals surface area contributed by atoms with Crippen LogP contribution in [0.25, 0.3) is 0 Å². The third kappa shape index (κ3) is 3.62. The van der Waals surface area contributed by atoms with Gasteiger partial charge < -0.3 is 10.2 Å². The van der Waals surface area contributed by atoms with Crippen LogP contribution >= 0.6 is 24.0 Å². The zero-order chi connectivity index (χ0) is 13.1. The number of halogens is 2. The molecule has 5 heteroatoms. The molecular weight excluding hydrogens is 283 g/mol. The number of rotatable bonds is 3. The summed E-state index contributed by atoms with van der Waals surface area (Å²) in [7, 11) is 1.95. The van der Waals surface area contributed by atoms with Crippen molar-refractivity contribution >= 4 is 29.9 Å². The number of likely N-dealkylation sites (tertiary alicyclic amines) is 1. The van der Waals surface area contributed by atoms with E-state index in [2.05, 4.69) is 5.32 Å². The third-order valence-electron chi connectivity index (χ3n) is 3.49. The number of nitrogens with zero attached hydrogens (tertiary/aromatic N) is 1. The highest BCUT2D eigenvalue weighted by atomic mass is 35.5. The molecule has 3 nitrogen and oxygen atoms in total. The maximum absolute atomic E-state index is 12.4. The summed E-state index contributed by atoms with van der Waals surface area (Å²) in [6.45, 7) is 4.54. The molecular formula is C14H20Cl2N2O. The van der Waals surface area contributed by atoms with E-state index < -0.39 is 0 Å². The van der Waals surface area contributed by atoms with Gasteiger partial charge in [0.1, 0.15) is 0 Å². The number of carbonyl (C=O) groups is 1. The van der Waals surface area contributed by atoms with Crippen LogP contribution in [-0.2, 0) is 0 Å². The number of hydrogen-bond acceptors (Lipinski definition) is 2. The van der Waals surface area contributed by atoms with Gasteiger partial charge in [-0.2, -0.15) is 0 Å². The summed E-state index contributed by atoms with van der Waals surface area (Å²) < 4.78 is 0. The van der Waals surface area contributed by atoms with E-state index in [1.165, 1.54) is 0 Å². The van der Waals surface area contributed by atoms with E-state index in [9.17, 15) is 4.79 Å². The highest BCUT2D eigenvalue weighted by Crippen LogP contribution is 2.24. The smallest absolute Gasteiger partial charge is 0.255 e. The van der Waals surface area contributed by atoms with Crippen LogP contribution in [0, 0.1) is 12.8 Å². The molecule has 0 radical (unpaired) electrons. The Morgan fingerprint density at radius 1 is 1.53 bits per heavy atom. The Labute approximate surface area is 125 Å². The number of benzene rings is 1. The molecule has 0 bridgehead atoms. The molecule has 0 spiro atoms. The number of aryl methyl sites for hydroxylation is 1. The molecule has 1 aromatic rings. The van der Waals surface area contributed by atoms with Gasteiger partial charge in [0.15, 0.2) is 0 Å². The van der Waals surface area contributed by atoms with Gasteiger partial charge in [0.05, 0.1) is 10.6 Å². The average molecular weight is 303 g/mol. The first kappa shape index (κ1) is 16.3. The van der Waals surface area contributed by atoms with Crippen LogP contribution in [0.4, 0.5) is 0 Å². The summed E-state index contributed by atoms with van der Waals surface area (Å²) in [4.78, 5) is 14.3. The van der Waals surface area contributed by atoms with Crippen molar-refractivity contribution in [1.82, 2.24) is 10.2 Å². The average Bonchev–Trinajstić information content (AvgIpc) is 2.81. The number of hydrogen-bond donors (Lipinski definition) is 1. The lowest BCUT2D eigenvalue weighted by molar-refractivity contribution is 0.0787. The minimum Gasteiger partial charge on any atom is -0.338 e. The lowest BCUT2D eigenvalue weighted by Crippen LogP contribution is -2.30. The van der Waals surface area contributed by atoms with Crippen LogP contribution in [0.15, 0.2) is 18.2 Å². The minimum atomic E-state index is 0. The molecule has 1 aromatic carbocycles. The van der Waals surface area contributed by atoms with Gasteiger partial charge in [0.2, 0.25) is 0 Å². The summed E-state index contributed by atoms with van der Waals surface area (Å²) in [5.41, 5.74) is 1.58. The SMILES string of the molecule is CNCC1CCN(C(=O)c2cccc(C)c2Cl)C1.Cl. The van der Waals surface area contributed by atoms with Crippen molar-refractivity contribution in [2.24, 2.45) is 5.92 Å². The van der Waals surface area contributed by atoms with Gasteiger partial charge >= 0.3 is 0 Å². The van der Waals surface area contributed by atoms with Gasteiger partial charge in [0, 0.05) is 13.1 Å². The first-order valence-corrected chi connectivity index (χ1v) is 6.70. The summed E-state index contributed by atoms with van der Waals surface area (Å²) in [5.74, 6) is 0.616. The Bertz CT molecular complexity index is 451. The predicted octanol–water partition coefficient (Wildman–Crippen LogP) is 2.75. The van der Waals surface area contributed by atoms with Crippen molar-refractivity contribution in [3.8, 4) is 0 Å². The van der Waals surface area contributed by atoms with Crippen LogP contribution < -0.4 is 5.32 Å². The van der Waals surface area contributed by atoms with Crippen molar-refractivity contribution in [3.05, 3.63) is 34.3 Å². The predicted molar refractivity (Wildman–Crippen MR) is 81.4 cm³/mol. The molecule has 0 saturated carbocycles. The largest absolute Gasteiger partial charge is 0.338 e. The summed E-state index contributed by atoms with van der Waals surface area (Å²) in [5, 5.41) is 3.75. The molecule has 1 aliphatic heterocycles. The van der Waals surface area contributed by atoms with Crippen molar-refractivity contribution < 1.29 is 4.79 Å². The van der Waals surface area contributed by atoms with Gasteiger partial charge in [-0.3, -0.25) is 4.79 Å². The second-order valence-electron chi connectivity index (χ2n) is 4.90. The zero-order valence-electron chi connectivity index (χ0n) is 11.3. The van der Waals surface area contributed by atoms with E-state index in [4.69, 9.17) is 11.6 Å². The van der Waals surface area contributed by atoms with Gasteiger partial charge in [-0.15, -0.1) is 12.4 Å². The van der Waals surface area contributed by atoms with Crippen molar-refractivity contribution in [3.63, 3.8) is 0 Å². The lowest BCUT2D eigenvalue weighted by Gasteiger charge is -2.18. The van der Waals surface area contributed by atoms with Crippen LogP contribution in [0.2, 0.25) is 5.02 Å². The van der Waals surface area contributed by atoms with Gasteiger partial charge in [-0.25, -0.2) is 0 Å². The minimum absolute atomic E-state index is 0. The fourth-order valence-electron chi connectivity index (χ4n) is 2.46. The molecule has 1 saturated heterocycles. The topological polar surface area (TPSA) is 32.3 Å². The van der Waals surface area contributed by atoms with Gasteiger partial charge in [-0.1, -0.05) is 23.7 Å². The molecule has 1 aliphatic rings. The lowest BCUT2D eigenvalue weighted by atomic mass is 10.1. The Morgan fingerprint density at radius 3 is 2.95 bits per heavy atom. The van der Waals surface area contributed by atoms with Gasteiger partial charge in [-0.05, 0) is 44.5 Å². The van der Waals surface area contributed by atoms with Crippen LogP contribution in [0.3, 0.4) is 0 Å². The maximum atomic E-state index is 12.4. The Balaban J connectivity index is 0.00000180. The molecule has 1 atom stereocenters. The first-order chi connectivity index (χ1) is 8.63. The Hall–Kier alpha value is -0.770. The van der Waals surface area contributed by atoms with E-state index in [0.29, 0.717) is 16.5 Å². The van der Waals surface area contributed by atoms with E-state index in [1.54, 1.807) is 0 Å². The van der Waals surface area contributed by atoms with E-state index in [1.807, 2.05) is 37.1 Å². The standard InChI is InChI=1S/C14H19ClN2O.ClH/c1-10-4-3-5-12(13(10)15)14(18)17-7-6-11(9-17)8-16-2;/h3-5,11,16H,6-9H2,1-2H3;1H.